The van der Waals surface area contributed by atoms with Gasteiger partial charge in [0.1, 0.15) is 6.29 Å². The number of nitrogens with one attached hydrogen (secondary N) is 1. The number of carbonyl (C=O) groups is 4. The van der Waals surface area contributed by atoms with E-state index in [9.17, 15) is 19.2 Å². The summed E-state index contributed by atoms with van der Waals surface area (Å²) in [7, 11) is 1.50. The Bertz CT molecular complexity index is 1130. The van der Waals surface area contributed by atoms with E-state index in [1.807, 2.05) is 6.07 Å². The number of carbonyl (C=O) groups excluding carboxylic acids is 4. The van der Waals surface area contributed by atoms with Crippen molar-refractivity contribution in [1.29, 1.82) is 0 Å². The number of hydrogen-bond donors (Lipinski definition) is 1. The minimum Gasteiger partial charge on any atom is -0.379 e. The number of benzene rings is 2. The Hall–Kier alpha value is -3.01. The third-order valence-corrected chi connectivity index (χ3v) is 7.93. The number of ether oxygens (including phenoxy) is 1. The molecule has 1 saturated heterocycles. The van der Waals surface area contributed by atoms with Crippen LogP contribution in [-0.4, -0.2) is 79.7 Å². The van der Waals surface area contributed by atoms with E-state index in [2.05, 4.69) is 34.5 Å². The average Bonchev–Trinajstić information content (AvgIpc) is 3.19. The first-order valence-electron chi connectivity index (χ1n) is 12.7. The van der Waals surface area contributed by atoms with Crippen LogP contribution < -0.4 is 5.32 Å². The highest BCUT2D eigenvalue weighted by Gasteiger charge is 2.41. The highest BCUT2D eigenvalue weighted by molar-refractivity contribution is 7.98. The number of imide groups is 1. The molecule has 8 nitrogen and oxygen atoms in total. The summed E-state index contributed by atoms with van der Waals surface area (Å²) >= 11 is 1.50. The first kappa shape index (κ1) is 27.0. The third-order valence-electron chi connectivity index (χ3n) is 6.80. The van der Waals surface area contributed by atoms with Gasteiger partial charge in [-0.15, -0.1) is 11.8 Å². The van der Waals surface area contributed by atoms with Gasteiger partial charge in [0, 0.05) is 37.2 Å². The molecule has 196 valence electrons. The summed E-state index contributed by atoms with van der Waals surface area (Å²) in [5.41, 5.74) is 3.07. The molecule has 0 spiro atoms. The van der Waals surface area contributed by atoms with Gasteiger partial charge in [0.15, 0.2) is 0 Å². The van der Waals surface area contributed by atoms with Crippen molar-refractivity contribution in [3.8, 4) is 0 Å². The standard InChI is InChI=1S/C28H33N3O5S/c1-29-25(33)12-11-22(18-32)31-27(34)23-5-2-6-24(26(23)28(31)35)37-19-21-9-7-20(8-10-21)4-3-13-30-14-16-36-17-15-30/h2,5-10,18,22H,3-4,11-17,19H2,1H3,(H,29,33). The zero-order valence-corrected chi connectivity index (χ0v) is 21.9. The second kappa shape index (κ2) is 13.0. The largest absolute Gasteiger partial charge is 0.379 e. The second-order valence-electron chi connectivity index (χ2n) is 9.24. The van der Waals surface area contributed by atoms with Crippen molar-refractivity contribution in [3.63, 3.8) is 0 Å². The molecule has 1 unspecified atom stereocenters. The van der Waals surface area contributed by atoms with E-state index in [1.54, 1.807) is 12.1 Å². The molecule has 4 rings (SSSR count). The Morgan fingerprint density at radius 1 is 1.08 bits per heavy atom. The van der Waals surface area contributed by atoms with Crippen molar-refractivity contribution in [1.82, 2.24) is 15.1 Å². The molecule has 37 heavy (non-hydrogen) atoms. The monoisotopic (exact) mass is 523 g/mol. The summed E-state index contributed by atoms with van der Waals surface area (Å²) in [6.07, 6.45) is 2.86. The summed E-state index contributed by atoms with van der Waals surface area (Å²) in [5, 5.41) is 2.49. The summed E-state index contributed by atoms with van der Waals surface area (Å²) in [6.45, 7) is 4.75. The molecule has 2 heterocycles. The molecule has 0 saturated carbocycles. The van der Waals surface area contributed by atoms with Crippen molar-refractivity contribution in [3.05, 3.63) is 64.7 Å². The number of nitrogens with zero attached hydrogens (tertiary/aromatic N) is 2. The molecule has 2 aliphatic heterocycles. The van der Waals surface area contributed by atoms with E-state index < -0.39 is 17.9 Å². The summed E-state index contributed by atoms with van der Waals surface area (Å²) in [6, 6.07) is 12.8. The summed E-state index contributed by atoms with van der Waals surface area (Å²) in [5.74, 6) is -0.562. The SMILES string of the molecule is CNC(=O)CCC(C=O)N1C(=O)c2cccc(SCc3ccc(CCCN4CCOCC4)cc3)c2C1=O. The molecule has 9 heteroatoms. The average molecular weight is 524 g/mol. The molecule has 0 bridgehead atoms. The number of rotatable bonds is 12. The van der Waals surface area contributed by atoms with Crippen LogP contribution in [-0.2, 0) is 26.5 Å². The van der Waals surface area contributed by atoms with Gasteiger partial charge in [-0.3, -0.25) is 24.2 Å². The van der Waals surface area contributed by atoms with Gasteiger partial charge in [0.05, 0.1) is 30.4 Å². The molecule has 0 aliphatic carbocycles. The van der Waals surface area contributed by atoms with E-state index in [4.69, 9.17) is 4.74 Å². The van der Waals surface area contributed by atoms with Crippen LogP contribution in [0, 0.1) is 0 Å². The normalized spacial score (nSPS) is 16.5. The highest BCUT2D eigenvalue weighted by atomic mass is 32.2. The Labute approximate surface area is 221 Å². The quantitative estimate of drug-likeness (QED) is 0.260. The van der Waals surface area contributed by atoms with Gasteiger partial charge in [-0.25, -0.2) is 0 Å². The number of aldehydes is 1. The molecule has 1 atom stereocenters. The summed E-state index contributed by atoms with van der Waals surface area (Å²) < 4.78 is 5.40. The maximum absolute atomic E-state index is 13.2. The minimum absolute atomic E-state index is 0.0537. The van der Waals surface area contributed by atoms with Gasteiger partial charge in [0.25, 0.3) is 11.8 Å². The molecular formula is C28H33N3O5S. The number of fused-ring (bicyclic) bond motifs is 1. The van der Waals surface area contributed by atoms with Crippen LogP contribution in [0.5, 0.6) is 0 Å². The van der Waals surface area contributed by atoms with Crippen molar-refractivity contribution >= 4 is 35.8 Å². The Morgan fingerprint density at radius 2 is 1.81 bits per heavy atom. The topological polar surface area (TPSA) is 96.0 Å². The van der Waals surface area contributed by atoms with E-state index >= 15 is 0 Å². The van der Waals surface area contributed by atoms with Gasteiger partial charge in [-0.05, 0) is 49.1 Å². The van der Waals surface area contributed by atoms with E-state index in [-0.39, 0.29) is 18.7 Å². The lowest BCUT2D eigenvalue weighted by Crippen LogP contribution is -2.41. The Balaban J connectivity index is 1.35. The van der Waals surface area contributed by atoms with Crippen LogP contribution in [0.4, 0.5) is 0 Å². The van der Waals surface area contributed by atoms with Gasteiger partial charge in [-0.2, -0.15) is 0 Å². The molecule has 2 aromatic rings. The number of morpholine rings is 1. The zero-order chi connectivity index (χ0) is 26.2. The molecule has 0 radical (unpaired) electrons. The molecule has 3 amide bonds. The van der Waals surface area contributed by atoms with E-state index in [1.165, 1.54) is 24.4 Å². The van der Waals surface area contributed by atoms with E-state index in [0.717, 1.165) is 56.2 Å². The number of amides is 3. The molecular weight excluding hydrogens is 490 g/mol. The maximum Gasteiger partial charge on any atom is 0.263 e. The van der Waals surface area contributed by atoms with Gasteiger partial charge < -0.3 is 14.8 Å². The predicted molar refractivity (Wildman–Crippen MR) is 142 cm³/mol. The van der Waals surface area contributed by atoms with Crippen molar-refractivity contribution < 1.29 is 23.9 Å². The minimum atomic E-state index is -0.974. The fourth-order valence-corrected chi connectivity index (χ4v) is 5.68. The molecule has 1 N–H and O–H groups in total. The lowest BCUT2D eigenvalue weighted by atomic mass is 10.1. The molecule has 0 aromatic heterocycles. The van der Waals surface area contributed by atoms with Crippen LogP contribution in [0.25, 0.3) is 0 Å². The molecule has 2 aliphatic rings. The first-order chi connectivity index (χ1) is 18.0. The van der Waals surface area contributed by atoms with Crippen LogP contribution in [0.3, 0.4) is 0 Å². The molecule has 2 aromatic carbocycles. The predicted octanol–water partition coefficient (Wildman–Crippen LogP) is 2.93. The first-order valence-corrected chi connectivity index (χ1v) is 13.7. The Morgan fingerprint density at radius 3 is 2.51 bits per heavy atom. The number of thioether (sulfide) groups is 1. The fourth-order valence-electron chi connectivity index (χ4n) is 4.65. The van der Waals surface area contributed by atoms with Gasteiger partial charge in [0.2, 0.25) is 5.91 Å². The fraction of sp³-hybridized carbons (Fsp3) is 0.429. The summed E-state index contributed by atoms with van der Waals surface area (Å²) in [4.78, 5) is 53.7. The zero-order valence-electron chi connectivity index (χ0n) is 21.1. The van der Waals surface area contributed by atoms with Gasteiger partial charge >= 0.3 is 0 Å². The van der Waals surface area contributed by atoms with Crippen molar-refractivity contribution in [2.45, 2.75) is 42.4 Å². The Kier molecular flexibility index (Phi) is 9.49. The highest BCUT2D eigenvalue weighted by Crippen LogP contribution is 2.35. The van der Waals surface area contributed by atoms with Crippen LogP contribution in [0.15, 0.2) is 47.4 Å². The van der Waals surface area contributed by atoms with Crippen LogP contribution in [0.2, 0.25) is 0 Å². The number of aryl methyl sites for hydroxylation is 1. The van der Waals surface area contributed by atoms with Crippen molar-refractivity contribution in [2.24, 2.45) is 0 Å². The molecule has 1 fully saturated rings. The lowest BCUT2D eigenvalue weighted by Gasteiger charge is -2.26. The van der Waals surface area contributed by atoms with E-state index in [0.29, 0.717) is 28.1 Å². The smallest absolute Gasteiger partial charge is 0.263 e. The van der Waals surface area contributed by atoms with Gasteiger partial charge in [-0.1, -0.05) is 30.3 Å². The lowest BCUT2D eigenvalue weighted by molar-refractivity contribution is -0.121. The second-order valence-corrected chi connectivity index (χ2v) is 10.3. The maximum atomic E-state index is 13.2. The van der Waals surface area contributed by atoms with Crippen LogP contribution in [0.1, 0.15) is 51.1 Å². The van der Waals surface area contributed by atoms with Crippen LogP contribution >= 0.6 is 11.8 Å². The number of hydrogen-bond acceptors (Lipinski definition) is 7. The third kappa shape index (κ3) is 6.66. The van der Waals surface area contributed by atoms with Crippen molar-refractivity contribution in [2.75, 3.05) is 39.9 Å².